The molecule has 0 radical (unpaired) electrons. The van der Waals surface area contributed by atoms with Crippen LogP contribution in [0.5, 0.6) is 0 Å². The molecule has 1 aliphatic carbocycles. The molecule has 3 nitrogen and oxygen atoms in total. The van der Waals surface area contributed by atoms with Crippen molar-refractivity contribution in [3.8, 4) is 0 Å². The minimum atomic E-state index is 0.0460. The third kappa shape index (κ3) is 3.09. The lowest BCUT2D eigenvalue weighted by Gasteiger charge is -2.31. The SMILES string of the molecule is CNC1CCCCN(C2CC=CCCC2)C1=O. The number of rotatable bonds is 2. The van der Waals surface area contributed by atoms with Crippen molar-refractivity contribution in [3.63, 3.8) is 0 Å². The quantitative estimate of drug-likeness (QED) is 0.745. The summed E-state index contributed by atoms with van der Waals surface area (Å²) in [6, 6.07) is 0.486. The summed E-state index contributed by atoms with van der Waals surface area (Å²) in [5.41, 5.74) is 0. The van der Waals surface area contributed by atoms with E-state index in [2.05, 4.69) is 22.4 Å². The number of likely N-dealkylation sites (tertiary alicyclic amines) is 1. The number of hydrogen-bond acceptors (Lipinski definition) is 2. The minimum Gasteiger partial charge on any atom is -0.338 e. The van der Waals surface area contributed by atoms with Crippen molar-refractivity contribution >= 4 is 5.91 Å². The molecule has 2 atom stereocenters. The Labute approximate surface area is 104 Å². The van der Waals surface area contributed by atoms with Crippen LogP contribution < -0.4 is 5.32 Å². The molecule has 3 heteroatoms. The second-order valence-corrected chi connectivity index (χ2v) is 5.16. The van der Waals surface area contributed by atoms with Gasteiger partial charge < -0.3 is 10.2 Å². The van der Waals surface area contributed by atoms with E-state index >= 15 is 0 Å². The molecule has 17 heavy (non-hydrogen) atoms. The van der Waals surface area contributed by atoms with Crippen molar-refractivity contribution in [2.75, 3.05) is 13.6 Å². The van der Waals surface area contributed by atoms with Crippen LogP contribution in [-0.2, 0) is 4.79 Å². The summed E-state index contributed by atoms with van der Waals surface area (Å²) in [5.74, 6) is 0.324. The number of amides is 1. The van der Waals surface area contributed by atoms with Crippen molar-refractivity contribution in [2.45, 2.75) is 57.0 Å². The number of nitrogens with one attached hydrogen (secondary N) is 1. The largest absolute Gasteiger partial charge is 0.338 e. The summed E-state index contributed by atoms with van der Waals surface area (Å²) in [4.78, 5) is 14.6. The van der Waals surface area contributed by atoms with Crippen molar-refractivity contribution in [1.82, 2.24) is 10.2 Å². The highest BCUT2D eigenvalue weighted by molar-refractivity contribution is 5.82. The fraction of sp³-hybridized carbons (Fsp3) is 0.786. The molecule has 0 spiro atoms. The highest BCUT2D eigenvalue weighted by Crippen LogP contribution is 2.22. The average Bonchev–Trinajstić information content (AvgIpc) is 2.69. The molecule has 2 unspecified atom stereocenters. The van der Waals surface area contributed by atoms with Crippen LogP contribution in [0.2, 0.25) is 0 Å². The minimum absolute atomic E-state index is 0.0460. The van der Waals surface area contributed by atoms with Crippen LogP contribution in [0, 0.1) is 0 Å². The lowest BCUT2D eigenvalue weighted by atomic mass is 10.1. The Kier molecular flexibility index (Phi) is 4.60. The summed E-state index contributed by atoms with van der Waals surface area (Å²) in [7, 11) is 1.90. The maximum atomic E-state index is 12.4. The Morgan fingerprint density at radius 3 is 2.94 bits per heavy atom. The van der Waals surface area contributed by atoms with Crippen molar-refractivity contribution in [3.05, 3.63) is 12.2 Å². The van der Waals surface area contributed by atoms with Crippen LogP contribution in [-0.4, -0.2) is 36.5 Å². The first kappa shape index (κ1) is 12.6. The summed E-state index contributed by atoms with van der Waals surface area (Å²) >= 11 is 0. The van der Waals surface area contributed by atoms with E-state index in [1.165, 1.54) is 12.8 Å². The van der Waals surface area contributed by atoms with E-state index in [0.717, 1.165) is 38.6 Å². The van der Waals surface area contributed by atoms with Gasteiger partial charge in [-0.25, -0.2) is 0 Å². The van der Waals surface area contributed by atoms with E-state index in [0.29, 0.717) is 11.9 Å². The fourth-order valence-corrected chi connectivity index (χ4v) is 2.94. The van der Waals surface area contributed by atoms with Gasteiger partial charge in [0.1, 0.15) is 0 Å². The van der Waals surface area contributed by atoms with Crippen molar-refractivity contribution < 1.29 is 4.79 Å². The Morgan fingerprint density at radius 2 is 2.12 bits per heavy atom. The third-order valence-electron chi connectivity index (χ3n) is 4.00. The van der Waals surface area contributed by atoms with Crippen molar-refractivity contribution in [1.29, 1.82) is 0 Å². The summed E-state index contributed by atoms with van der Waals surface area (Å²) < 4.78 is 0. The molecule has 1 saturated heterocycles. The van der Waals surface area contributed by atoms with Gasteiger partial charge in [-0.1, -0.05) is 12.2 Å². The van der Waals surface area contributed by atoms with E-state index < -0.39 is 0 Å². The maximum Gasteiger partial charge on any atom is 0.239 e. The third-order valence-corrected chi connectivity index (χ3v) is 4.00. The van der Waals surface area contributed by atoms with Gasteiger partial charge in [-0.15, -0.1) is 0 Å². The molecular weight excluding hydrogens is 212 g/mol. The second kappa shape index (κ2) is 6.20. The number of allylic oxidation sites excluding steroid dienone is 1. The van der Waals surface area contributed by atoms with Crippen LogP contribution in [0.15, 0.2) is 12.2 Å². The zero-order valence-corrected chi connectivity index (χ0v) is 10.8. The lowest BCUT2D eigenvalue weighted by Crippen LogP contribution is -2.48. The molecular formula is C14H24N2O. The van der Waals surface area contributed by atoms with Crippen LogP contribution in [0.3, 0.4) is 0 Å². The molecule has 2 aliphatic rings. The van der Waals surface area contributed by atoms with Gasteiger partial charge in [0.25, 0.3) is 0 Å². The van der Waals surface area contributed by atoms with Gasteiger partial charge in [0.15, 0.2) is 0 Å². The first-order chi connectivity index (χ1) is 8.33. The van der Waals surface area contributed by atoms with Gasteiger partial charge in [0.2, 0.25) is 5.91 Å². The number of likely N-dealkylation sites (N-methyl/N-ethyl adjacent to an activating group) is 1. The lowest BCUT2D eigenvalue weighted by molar-refractivity contribution is -0.135. The Morgan fingerprint density at radius 1 is 1.24 bits per heavy atom. The number of nitrogens with zero attached hydrogens (tertiary/aromatic N) is 1. The van der Waals surface area contributed by atoms with Gasteiger partial charge in [0, 0.05) is 12.6 Å². The van der Waals surface area contributed by atoms with Gasteiger partial charge >= 0.3 is 0 Å². The molecule has 0 bridgehead atoms. The Hall–Kier alpha value is -0.830. The second-order valence-electron chi connectivity index (χ2n) is 5.16. The molecule has 1 fully saturated rings. The molecule has 2 rings (SSSR count). The fourth-order valence-electron chi connectivity index (χ4n) is 2.94. The summed E-state index contributed by atoms with van der Waals surface area (Å²) in [6.45, 7) is 0.954. The van der Waals surface area contributed by atoms with Crippen molar-refractivity contribution in [2.24, 2.45) is 0 Å². The highest BCUT2D eigenvalue weighted by Gasteiger charge is 2.30. The predicted molar refractivity (Wildman–Crippen MR) is 69.8 cm³/mol. The first-order valence-electron chi connectivity index (χ1n) is 6.95. The molecule has 1 heterocycles. The van der Waals surface area contributed by atoms with Gasteiger partial charge in [-0.3, -0.25) is 4.79 Å². The molecule has 0 aromatic heterocycles. The molecule has 1 amide bonds. The number of carbonyl (C=O) groups is 1. The topological polar surface area (TPSA) is 32.3 Å². The molecule has 1 aliphatic heterocycles. The van der Waals surface area contributed by atoms with Crippen LogP contribution in [0.1, 0.15) is 44.9 Å². The summed E-state index contributed by atoms with van der Waals surface area (Å²) in [5, 5.41) is 3.17. The smallest absolute Gasteiger partial charge is 0.239 e. The highest BCUT2D eigenvalue weighted by atomic mass is 16.2. The zero-order chi connectivity index (χ0) is 12.1. The maximum absolute atomic E-state index is 12.4. The number of carbonyl (C=O) groups excluding carboxylic acids is 1. The van der Waals surface area contributed by atoms with Crippen LogP contribution >= 0.6 is 0 Å². The first-order valence-corrected chi connectivity index (χ1v) is 6.95. The molecule has 1 N–H and O–H groups in total. The summed E-state index contributed by atoms with van der Waals surface area (Å²) in [6.07, 6.45) is 12.4. The average molecular weight is 236 g/mol. The van der Waals surface area contributed by atoms with E-state index in [1.807, 2.05) is 7.05 Å². The Bertz CT molecular complexity index is 288. The van der Waals surface area contributed by atoms with Gasteiger partial charge in [-0.05, 0) is 52.0 Å². The van der Waals surface area contributed by atoms with Gasteiger partial charge in [-0.2, -0.15) is 0 Å². The van der Waals surface area contributed by atoms with E-state index in [9.17, 15) is 4.79 Å². The van der Waals surface area contributed by atoms with E-state index in [1.54, 1.807) is 0 Å². The monoisotopic (exact) mass is 236 g/mol. The van der Waals surface area contributed by atoms with Crippen LogP contribution in [0.4, 0.5) is 0 Å². The molecule has 0 saturated carbocycles. The predicted octanol–water partition coefficient (Wildman–Crippen LogP) is 2.09. The van der Waals surface area contributed by atoms with Gasteiger partial charge in [0.05, 0.1) is 6.04 Å². The molecule has 96 valence electrons. The standard InChI is InChI=1S/C14H24N2O/c1-15-13-10-6-7-11-16(14(13)17)12-8-4-2-3-5-9-12/h2,4,12-13,15H,3,5-11H2,1H3. The number of hydrogen-bond donors (Lipinski definition) is 1. The molecule has 0 aromatic carbocycles. The Balaban J connectivity index is 2.05. The molecule has 0 aromatic rings. The van der Waals surface area contributed by atoms with Crippen LogP contribution in [0.25, 0.3) is 0 Å². The van der Waals surface area contributed by atoms with E-state index in [4.69, 9.17) is 0 Å². The van der Waals surface area contributed by atoms with E-state index in [-0.39, 0.29) is 6.04 Å². The normalized spacial score (nSPS) is 31.1. The zero-order valence-electron chi connectivity index (χ0n) is 10.8.